The number of hydrogen-bond acceptors (Lipinski definition) is 3. The highest BCUT2D eigenvalue weighted by atomic mass is 35.5. The second-order valence-electron chi connectivity index (χ2n) is 4.59. The number of hydrazone groups is 1. The summed E-state index contributed by atoms with van der Waals surface area (Å²) in [5, 5.41) is 8.33. The van der Waals surface area contributed by atoms with Crippen molar-refractivity contribution in [2.45, 2.75) is 20.8 Å². The van der Waals surface area contributed by atoms with Gasteiger partial charge in [-0.3, -0.25) is 5.43 Å². The first-order valence-corrected chi connectivity index (χ1v) is 7.19. The first-order chi connectivity index (χ1) is 9.97. The van der Waals surface area contributed by atoms with Gasteiger partial charge in [0.1, 0.15) is 17.2 Å². The van der Waals surface area contributed by atoms with Crippen molar-refractivity contribution in [3.63, 3.8) is 0 Å². The van der Waals surface area contributed by atoms with Gasteiger partial charge in [-0.15, -0.1) is 0 Å². The van der Waals surface area contributed by atoms with Crippen molar-refractivity contribution in [1.29, 1.82) is 0 Å². The van der Waals surface area contributed by atoms with Crippen molar-refractivity contribution in [3.05, 3.63) is 52.4 Å². The molecule has 2 N–H and O–H groups in total. The minimum absolute atomic E-state index is 0.392. The fourth-order valence-corrected chi connectivity index (χ4v) is 2.04. The molecule has 0 amide bonds. The highest BCUT2D eigenvalue weighted by molar-refractivity contribution is 7.80. The summed E-state index contributed by atoms with van der Waals surface area (Å²) in [5.74, 6) is 1.55. The van der Waals surface area contributed by atoms with Crippen molar-refractivity contribution >= 4 is 40.3 Å². The van der Waals surface area contributed by atoms with Gasteiger partial charge < -0.3 is 9.73 Å². The SMILES string of the molecule is C/C(=N/NC(=S)Nc1cccc(Cl)c1C)c1ccc(C)o1. The average Bonchev–Trinajstić information content (AvgIpc) is 2.88. The fourth-order valence-electron chi connectivity index (χ4n) is 1.71. The molecule has 0 saturated carbocycles. The Morgan fingerprint density at radius 3 is 2.67 bits per heavy atom. The second-order valence-corrected chi connectivity index (χ2v) is 5.40. The van der Waals surface area contributed by atoms with Crippen molar-refractivity contribution in [1.82, 2.24) is 5.43 Å². The number of rotatable bonds is 3. The van der Waals surface area contributed by atoms with Crippen LogP contribution < -0.4 is 10.7 Å². The standard InChI is InChI=1S/C15H16ClN3OS/c1-9-7-8-14(20-9)11(3)18-19-15(21)17-13-6-4-5-12(16)10(13)2/h4-8H,1-3H3,(H2,17,19,21)/b18-11-. The van der Waals surface area contributed by atoms with Gasteiger partial charge in [0.15, 0.2) is 5.11 Å². The lowest BCUT2D eigenvalue weighted by Crippen LogP contribution is -2.25. The van der Waals surface area contributed by atoms with Crippen LogP contribution in [0.2, 0.25) is 5.02 Å². The van der Waals surface area contributed by atoms with Gasteiger partial charge >= 0.3 is 0 Å². The molecule has 0 radical (unpaired) electrons. The van der Waals surface area contributed by atoms with Gasteiger partial charge in [-0.05, 0) is 62.8 Å². The smallest absolute Gasteiger partial charge is 0.191 e. The number of anilines is 1. The van der Waals surface area contributed by atoms with E-state index in [0.717, 1.165) is 22.7 Å². The van der Waals surface area contributed by atoms with Crippen molar-refractivity contribution < 1.29 is 4.42 Å². The molecule has 110 valence electrons. The molecular weight excluding hydrogens is 306 g/mol. The van der Waals surface area contributed by atoms with E-state index < -0.39 is 0 Å². The van der Waals surface area contributed by atoms with Crippen LogP contribution in [0.5, 0.6) is 0 Å². The summed E-state index contributed by atoms with van der Waals surface area (Å²) < 4.78 is 5.48. The zero-order valence-electron chi connectivity index (χ0n) is 12.0. The summed E-state index contributed by atoms with van der Waals surface area (Å²) >= 11 is 11.3. The van der Waals surface area contributed by atoms with Gasteiger partial charge in [0.25, 0.3) is 0 Å². The van der Waals surface area contributed by atoms with Crippen LogP contribution in [0.4, 0.5) is 5.69 Å². The maximum absolute atomic E-state index is 6.06. The zero-order valence-corrected chi connectivity index (χ0v) is 13.6. The van der Waals surface area contributed by atoms with E-state index in [1.165, 1.54) is 0 Å². The molecule has 2 aromatic rings. The molecule has 21 heavy (non-hydrogen) atoms. The molecule has 1 aromatic carbocycles. The van der Waals surface area contributed by atoms with Crippen LogP contribution in [-0.4, -0.2) is 10.8 Å². The van der Waals surface area contributed by atoms with Crippen LogP contribution >= 0.6 is 23.8 Å². The van der Waals surface area contributed by atoms with E-state index in [-0.39, 0.29) is 0 Å². The summed E-state index contributed by atoms with van der Waals surface area (Å²) in [6.45, 7) is 5.66. The molecule has 0 fully saturated rings. The molecule has 0 aliphatic rings. The second kappa shape index (κ2) is 6.74. The molecule has 0 aliphatic heterocycles. The lowest BCUT2D eigenvalue weighted by Gasteiger charge is -2.11. The van der Waals surface area contributed by atoms with E-state index in [9.17, 15) is 0 Å². The summed E-state index contributed by atoms with van der Waals surface area (Å²) in [6.07, 6.45) is 0. The summed E-state index contributed by atoms with van der Waals surface area (Å²) in [6, 6.07) is 9.36. The largest absolute Gasteiger partial charge is 0.460 e. The van der Waals surface area contributed by atoms with Crippen LogP contribution in [0.3, 0.4) is 0 Å². The van der Waals surface area contributed by atoms with Crippen LogP contribution in [0, 0.1) is 13.8 Å². The van der Waals surface area contributed by atoms with E-state index in [1.54, 1.807) is 0 Å². The Labute approximate surface area is 134 Å². The molecule has 0 unspecified atom stereocenters. The number of furan rings is 1. The first-order valence-electron chi connectivity index (χ1n) is 6.40. The lowest BCUT2D eigenvalue weighted by atomic mass is 10.2. The Morgan fingerprint density at radius 2 is 2.00 bits per heavy atom. The summed E-state index contributed by atoms with van der Waals surface area (Å²) in [7, 11) is 0. The van der Waals surface area contributed by atoms with Crippen molar-refractivity contribution in [2.24, 2.45) is 5.10 Å². The molecule has 0 saturated heterocycles. The number of nitrogens with zero attached hydrogens (tertiary/aromatic N) is 1. The number of nitrogens with one attached hydrogen (secondary N) is 2. The molecule has 6 heteroatoms. The quantitative estimate of drug-likeness (QED) is 0.504. The van der Waals surface area contributed by atoms with Gasteiger partial charge in [0.2, 0.25) is 0 Å². The highest BCUT2D eigenvalue weighted by Crippen LogP contribution is 2.22. The van der Waals surface area contributed by atoms with Gasteiger partial charge in [-0.1, -0.05) is 17.7 Å². The normalized spacial score (nSPS) is 11.3. The van der Waals surface area contributed by atoms with Gasteiger partial charge in [-0.25, -0.2) is 0 Å². The topological polar surface area (TPSA) is 49.6 Å². The Balaban J connectivity index is 2.00. The molecule has 1 aromatic heterocycles. The Morgan fingerprint density at radius 1 is 1.24 bits per heavy atom. The third-order valence-corrected chi connectivity index (χ3v) is 3.54. The summed E-state index contributed by atoms with van der Waals surface area (Å²) in [4.78, 5) is 0. The van der Waals surface area contributed by atoms with E-state index >= 15 is 0 Å². The molecule has 4 nitrogen and oxygen atoms in total. The van der Waals surface area contributed by atoms with Crippen molar-refractivity contribution in [3.8, 4) is 0 Å². The minimum Gasteiger partial charge on any atom is -0.460 e. The van der Waals surface area contributed by atoms with Crippen LogP contribution in [0.15, 0.2) is 39.9 Å². The Kier molecular flexibility index (Phi) is 4.98. The maximum atomic E-state index is 6.06. The van der Waals surface area contributed by atoms with Crippen molar-refractivity contribution in [2.75, 3.05) is 5.32 Å². The molecule has 0 atom stereocenters. The average molecular weight is 322 g/mol. The number of halogens is 1. The number of thiocarbonyl (C=S) groups is 1. The zero-order chi connectivity index (χ0) is 15.4. The minimum atomic E-state index is 0.392. The first kappa shape index (κ1) is 15.5. The van der Waals surface area contributed by atoms with Gasteiger partial charge in [-0.2, -0.15) is 5.10 Å². The van der Waals surface area contributed by atoms with Crippen LogP contribution in [-0.2, 0) is 0 Å². The predicted molar refractivity (Wildman–Crippen MR) is 91.2 cm³/mol. The van der Waals surface area contributed by atoms with Crippen LogP contribution in [0.25, 0.3) is 0 Å². The van der Waals surface area contributed by atoms with Crippen LogP contribution in [0.1, 0.15) is 24.0 Å². The Hall–Kier alpha value is -1.85. The number of aryl methyl sites for hydroxylation is 1. The van der Waals surface area contributed by atoms with E-state index in [2.05, 4.69) is 15.8 Å². The number of benzene rings is 1. The molecular formula is C15H16ClN3OS. The monoisotopic (exact) mass is 321 g/mol. The molecule has 2 rings (SSSR count). The lowest BCUT2D eigenvalue weighted by molar-refractivity contribution is 0.525. The molecule has 0 aliphatic carbocycles. The van der Waals surface area contributed by atoms with Gasteiger partial charge in [0, 0.05) is 10.7 Å². The predicted octanol–water partition coefficient (Wildman–Crippen LogP) is 4.26. The fraction of sp³-hybridized carbons (Fsp3) is 0.200. The third kappa shape index (κ3) is 4.06. The molecule has 0 spiro atoms. The highest BCUT2D eigenvalue weighted by Gasteiger charge is 2.05. The molecule has 1 heterocycles. The number of hydrogen-bond donors (Lipinski definition) is 2. The maximum Gasteiger partial charge on any atom is 0.191 e. The summed E-state index contributed by atoms with van der Waals surface area (Å²) in [5.41, 5.74) is 5.29. The van der Waals surface area contributed by atoms with E-state index in [4.69, 9.17) is 28.2 Å². The molecule has 0 bridgehead atoms. The van der Waals surface area contributed by atoms with E-state index in [0.29, 0.717) is 15.9 Å². The Bertz CT molecular complexity index is 694. The van der Waals surface area contributed by atoms with Gasteiger partial charge in [0.05, 0.1) is 0 Å². The third-order valence-electron chi connectivity index (χ3n) is 2.94. The van der Waals surface area contributed by atoms with E-state index in [1.807, 2.05) is 51.1 Å².